The number of aromatic hydroxyl groups is 1. The Morgan fingerprint density at radius 1 is 0.875 bits per heavy atom. The molecular formula is C20H28N4O8. The minimum Gasteiger partial charge on any atom is -0.508 e. The number of carboxylic acid groups (broad SMARTS) is 2. The summed E-state index contributed by atoms with van der Waals surface area (Å²) in [5.41, 5.74) is 6.20. The quantitative estimate of drug-likeness (QED) is 0.201. The second-order valence-electron chi connectivity index (χ2n) is 7.27. The lowest BCUT2D eigenvalue weighted by atomic mass is 10.0. The molecule has 0 radical (unpaired) electrons. The molecule has 0 heterocycles. The molecule has 176 valence electrons. The lowest BCUT2D eigenvalue weighted by Gasteiger charge is -2.23. The highest BCUT2D eigenvalue weighted by Gasteiger charge is 2.27. The molecule has 1 aromatic carbocycles. The smallest absolute Gasteiger partial charge is 0.325 e. The summed E-state index contributed by atoms with van der Waals surface area (Å²) < 4.78 is 0. The number of hydrogen-bond donors (Lipinski definition) is 7. The summed E-state index contributed by atoms with van der Waals surface area (Å²) in [7, 11) is 0. The molecule has 12 nitrogen and oxygen atoms in total. The van der Waals surface area contributed by atoms with Crippen molar-refractivity contribution >= 4 is 29.7 Å². The molecule has 4 unspecified atom stereocenters. The monoisotopic (exact) mass is 452 g/mol. The highest BCUT2D eigenvalue weighted by atomic mass is 16.4. The van der Waals surface area contributed by atoms with Crippen LogP contribution in [0.25, 0.3) is 0 Å². The Bertz CT molecular complexity index is 843. The van der Waals surface area contributed by atoms with Gasteiger partial charge in [0.05, 0.1) is 6.04 Å². The van der Waals surface area contributed by atoms with Crippen molar-refractivity contribution in [3.63, 3.8) is 0 Å². The van der Waals surface area contributed by atoms with Gasteiger partial charge in [-0.25, -0.2) is 0 Å². The molecule has 0 aromatic heterocycles. The third-order valence-corrected chi connectivity index (χ3v) is 4.50. The summed E-state index contributed by atoms with van der Waals surface area (Å²) in [6.07, 6.45) is -0.441. The Balaban J connectivity index is 2.85. The number of phenolic OH excluding ortho intramolecular Hbond substituents is 1. The van der Waals surface area contributed by atoms with Crippen LogP contribution in [0.3, 0.4) is 0 Å². The summed E-state index contributed by atoms with van der Waals surface area (Å²) in [5.74, 6) is -4.58. The standard InChI is InChI=1S/C20H28N4O8/c1-10(22-18(29)14(21)7-8-16(26)27)17(28)24-15(19(30)23-11(2)20(31)32)9-12-3-5-13(25)6-4-12/h3-6,10-11,14-15,25H,7-9,21H2,1-2H3,(H,22,29)(H,23,30)(H,24,28)(H,26,27)(H,31,32). The zero-order valence-corrected chi connectivity index (χ0v) is 17.7. The molecule has 3 amide bonds. The van der Waals surface area contributed by atoms with Crippen LogP contribution in [0.4, 0.5) is 0 Å². The highest BCUT2D eigenvalue weighted by Crippen LogP contribution is 2.12. The number of carbonyl (C=O) groups is 5. The number of hydrogen-bond acceptors (Lipinski definition) is 7. The maximum atomic E-state index is 12.6. The van der Waals surface area contributed by atoms with E-state index < -0.39 is 53.8 Å². The van der Waals surface area contributed by atoms with Gasteiger partial charge in [-0.15, -0.1) is 0 Å². The van der Waals surface area contributed by atoms with Crippen molar-refractivity contribution in [3.8, 4) is 5.75 Å². The van der Waals surface area contributed by atoms with Crippen molar-refractivity contribution in [2.45, 2.75) is 57.3 Å². The van der Waals surface area contributed by atoms with E-state index in [-0.39, 0.29) is 25.0 Å². The first-order valence-electron chi connectivity index (χ1n) is 9.80. The molecule has 0 bridgehead atoms. The van der Waals surface area contributed by atoms with Gasteiger partial charge in [-0.2, -0.15) is 0 Å². The molecule has 1 aromatic rings. The second-order valence-corrected chi connectivity index (χ2v) is 7.27. The van der Waals surface area contributed by atoms with Crippen LogP contribution in [0.5, 0.6) is 5.75 Å². The van der Waals surface area contributed by atoms with Crippen molar-refractivity contribution in [2.75, 3.05) is 0 Å². The van der Waals surface area contributed by atoms with Gasteiger partial charge in [0.2, 0.25) is 17.7 Å². The van der Waals surface area contributed by atoms with Gasteiger partial charge in [0.15, 0.2) is 0 Å². The first-order valence-corrected chi connectivity index (χ1v) is 9.80. The summed E-state index contributed by atoms with van der Waals surface area (Å²) in [5, 5.41) is 34.2. The molecule has 32 heavy (non-hydrogen) atoms. The summed E-state index contributed by atoms with van der Waals surface area (Å²) in [4.78, 5) is 58.8. The van der Waals surface area contributed by atoms with Crippen LogP contribution in [-0.4, -0.2) is 69.1 Å². The van der Waals surface area contributed by atoms with Gasteiger partial charge in [0.1, 0.15) is 23.9 Å². The van der Waals surface area contributed by atoms with E-state index in [1.165, 1.54) is 38.1 Å². The molecule has 0 fully saturated rings. The molecule has 0 aliphatic rings. The van der Waals surface area contributed by atoms with E-state index in [1.807, 2.05) is 0 Å². The van der Waals surface area contributed by atoms with E-state index >= 15 is 0 Å². The van der Waals surface area contributed by atoms with Gasteiger partial charge in [0.25, 0.3) is 0 Å². The van der Waals surface area contributed by atoms with Crippen LogP contribution in [0.2, 0.25) is 0 Å². The van der Waals surface area contributed by atoms with Gasteiger partial charge >= 0.3 is 11.9 Å². The zero-order chi connectivity index (χ0) is 24.4. The third kappa shape index (κ3) is 9.00. The summed E-state index contributed by atoms with van der Waals surface area (Å²) >= 11 is 0. The predicted octanol–water partition coefficient (Wildman–Crippen LogP) is -1.29. The van der Waals surface area contributed by atoms with Crippen molar-refractivity contribution in [3.05, 3.63) is 29.8 Å². The maximum absolute atomic E-state index is 12.6. The predicted molar refractivity (Wildman–Crippen MR) is 111 cm³/mol. The number of benzene rings is 1. The van der Waals surface area contributed by atoms with E-state index in [9.17, 15) is 29.1 Å². The third-order valence-electron chi connectivity index (χ3n) is 4.50. The minimum atomic E-state index is -1.26. The Labute approximate surface area is 184 Å². The molecule has 0 saturated heterocycles. The van der Waals surface area contributed by atoms with Crippen LogP contribution in [-0.2, 0) is 30.4 Å². The molecule has 0 aliphatic carbocycles. The lowest BCUT2D eigenvalue weighted by molar-refractivity contribution is -0.142. The normalized spacial score (nSPS) is 14.3. The van der Waals surface area contributed by atoms with Gasteiger partial charge in [-0.1, -0.05) is 12.1 Å². The first-order chi connectivity index (χ1) is 14.9. The van der Waals surface area contributed by atoms with Crippen LogP contribution in [0.1, 0.15) is 32.3 Å². The van der Waals surface area contributed by atoms with Crippen LogP contribution >= 0.6 is 0 Å². The fraction of sp³-hybridized carbons (Fsp3) is 0.450. The number of carbonyl (C=O) groups excluding carboxylic acids is 3. The topological polar surface area (TPSA) is 208 Å². The van der Waals surface area contributed by atoms with Gasteiger partial charge in [-0.05, 0) is 38.0 Å². The fourth-order valence-corrected chi connectivity index (χ4v) is 2.55. The Morgan fingerprint density at radius 3 is 1.97 bits per heavy atom. The number of nitrogens with one attached hydrogen (secondary N) is 3. The summed E-state index contributed by atoms with van der Waals surface area (Å²) in [6.45, 7) is 2.62. The second kappa shape index (κ2) is 12.2. The van der Waals surface area contributed by atoms with E-state index in [2.05, 4.69) is 16.0 Å². The highest BCUT2D eigenvalue weighted by molar-refractivity contribution is 5.94. The number of nitrogens with two attached hydrogens (primary N) is 1. The van der Waals surface area contributed by atoms with Gasteiger partial charge < -0.3 is 37.0 Å². The number of phenols is 1. The zero-order valence-electron chi connectivity index (χ0n) is 17.7. The molecule has 0 spiro atoms. The molecule has 0 saturated carbocycles. The maximum Gasteiger partial charge on any atom is 0.325 e. The molecular weight excluding hydrogens is 424 g/mol. The number of aliphatic carboxylic acids is 2. The van der Waals surface area contributed by atoms with Crippen molar-refractivity contribution in [2.24, 2.45) is 5.73 Å². The summed E-state index contributed by atoms with van der Waals surface area (Å²) in [6, 6.07) is 1.25. The molecule has 0 aliphatic heterocycles. The largest absolute Gasteiger partial charge is 0.508 e. The SMILES string of the molecule is CC(NC(=O)C(Cc1ccc(O)cc1)NC(=O)C(C)NC(=O)C(N)CCC(=O)O)C(=O)O. The minimum absolute atomic E-state index is 0.00820. The van der Waals surface area contributed by atoms with E-state index in [0.29, 0.717) is 5.56 Å². The van der Waals surface area contributed by atoms with Gasteiger partial charge in [-0.3, -0.25) is 24.0 Å². The Hall–Kier alpha value is -3.67. The number of amides is 3. The molecule has 1 rings (SSSR count). The number of rotatable bonds is 12. The first kappa shape index (κ1) is 26.4. The van der Waals surface area contributed by atoms with Crippen LogP contribution in [0.15, 0.2) is 24.3 Å². The van der Waals surface area contributed by atoms with Crippen molar-refractivity contribution < 1.29 is 39.3 Å². The van der Waals surface area contributed by atoms with Crippen LogP contribution < -0.4 is 21.7 Å². The average Bonchev–Trinajstić information content (AvgIpc) is 2.72. The van der Waals surface area contributed by atoms with Crippen molar-refractivity contribution in [1.29, 1.82) is 0 Å². The van der Waals surface area contributed by atoms with E-state index in [1.54, 1.807) is 0 Å². The van der Waals surface area contributed by atoms with Crippen LogP contribution in [0, 0.1) is 0 Å². The van der Waals surface area contributed by atoms with Gasteiger partial charge in [0, 0.05) is 12.8 Å². The average molecular weight is 452 g/mol. The Kier molecular flexibility index (Phi) is 10.1. The lowest BCUT2D eigenvalue weighted by Crippen LogP contribution is -2.56. The van der Waals surface area contributed by atoms with E-state index in [4.69, 9.17) is 15.9 Å². The Morgan fingerprint density at radius 2 is 1.44 bits per heavy atom. The number of carboxylic acids is 2. The molecule has 4 atom stereocenters. The van der Waals surface area contributed by atoms with E-state index in [0.717, 1.165) is 0 Å². The van der Waals surface area contributed by atoms with Crippen molar-refractivity contribution in [1.82, 2.24) is 16.0 Å². The molecule has 8 N–H and O–H groups in total. The molecule has 12 heteroatoms. The fourth-order valence-electron chi connectivity index (χ4n) is 2.55.